The fraction of sp³-hybridized carbons (Fsp3) is 0.190. The Kier molecular flexibility index (Phi) is 7.26. The van der Waals surface area contributed by atoms with E-state index in [-0.39, 0.29) is 11.7 Å². The number of rotatable bonds is 9. The van der Waals surface area contributed by atoms with E-state index in [4.69, 9.17) is 4.74 Å². The maximum atomic E-state index is 12.0. The van der Waals surface area contributed by atoms with Crippen LogP contribution in [-0.4, -0.2) is 40.5 Å². The van der Waals surface area contributed by atoms with Gasteiger partial charge in [-0.3, -0.25) is 9.89 Å². The van der Waals surface area contributed by atoms with Crippen molar-refractivity contribution in [3.8, 4) is 5.75 Å². The van der Waals surface area contributed by atoms with Gasteiger partial charge in [0.05, 0.1) is 12.9 Å². The lowest BCUT2D eigenvalue weighted by molar-refractivity contribution is -0.118. The second kappa shape index (κ2) is 10.3. The Balaban J connectivity index is 1.41. The second-order valence-corrected chi connectivity index (χ2v) is 6.89. The summed E-state index contributed by atoms with van der Waals surface area (Å²) >= 11 is 1.30. The van der Waals surface area contributed by atoms with E-state index in [2.05, 4.69) is 20.5 Å². The number of hydrogen-bond acceptors (Lipinski definition) is 5. The van der Waals surface area contributed by atoms with Crippen molar-refractivity contribution < 1.29 is 9.53 Å². The van der Waals surface area contributed by atoms with Gasteiger partial charge in [-0.1, -0.05) is 66.4 Å². The third kappa shape index (κ3) is 5.99. The number of methoxy groups -OCH3 is 1. The maximum Gasteiger partial charge on any atom is 0.230 e. The average Bonchev–Trinajstić information content (AvgIpc) is 3.20. The molecule has 1 aromatic heterocycles. The van der Waals surface area contributed by atoms with Gasteiger partial charge in [0, 0.05) is 6.54 Å². The summed E-state index contributed by atoms with van der Waals surface area (Å²) in [6.07, 6.45) is 4.54. The summed E-state index contributed by atoms with van der Waals surface area (Å²) < 4.78 is 5.32. The zero-order chi connectivity index (χ0) is 19.6. The molecular weight excluding hydrogens is 372 g/mol. The van der Waals surface area contributed by atoms with E-state index in [9.17, 15) is 4.79 Å². The minimum atomic E-state index is -0.0499. The van der Waals surface area contributed by atoms with Gasteiger partial charge < -0.3 is 10.1 Å². The first-order valence-corrected chi connectivity index (χ1v) is 9.90. The zero-order valence-electron chi connectivity index (χ0n) is 15.6. The van der Waals surface area contributed by atoms with Crippen LogP contribution in [0, 0.1) is 0 Å². The van der Waals surface area contributed by atoms with Gasteiger partial charge in [0.1, 0.15) is 11.6 Å². The summed E-state index contributed by atoms with van der Waals surface area (Å²) in [5.74, 6) is 1.71. The van der Waals surface area contributed by atoms with Gasteiger partial charge in [0.25, 0.3) is 0 Å². The number of aromatic amines is 1. The molecule has 0 aliphatic carbocycles. The second-order valence-electron chi connectivity index (χ2n) is 5.95. The van der Waals surface area contributed by atoms with Crippen molar-refractivity contribution >= 4 is 29.8 Å². The standard InChI is InChI=1S/C21H22N4O2S/c1-27-18-10-6-5-9-17(18)13-14-22-20(26)15-28-21-23-19(24-25-21)12-11-16-7-3-2-4-8-16/h2-12H,13-15H2,1H3,(H,22,26)(H,23,24,25)/b12-11+. The number of carbonyl (C=O) groups excluding carboxylic acids is 1. The molecule has 0 saturated heterocycles. The predicted octanol–water partition coefficient (Wildman–Crippen LogP) is 3.43. The molecule has 144 valence electrons. The van der Waals surface area contributed by atoms with E-state index in [0.717, 1.165) is 23.3 Å². The number of nitrogens with one attached hydrogen (secondary N) is 2. The van der Waals surface area contributed by atoms with Crippen LogP contribution >= 0.6 is 11.8 Å². The third-order valence-electron chi connectivity index (χ3n) is 3.96. The molecule has 0 atom stereocenters. The lowest BCUT2D eigenvalue weighted by Crippen LogP contribution is -2.27. The largest absolute Gasteiger partial charge is 0.496 e. The number of H-pyrrole nitrogens is 1. The lowest BCUT2D eigenvalue weighted by atomic mass is 10.1. The molecule has 0 aliphatic heterocycles. The highest BCUT2D eigenvalue weighted by Gasteiger charge is 2.07. The van der Waals surface area contributed by atoms with Gasteiger partial charge in [-0.25, -0.2) is 4.98 Å². The Morgan fingerprint density at radius 2 is 1.93 bits per heavy atom. The zero-order valence-corrected chi connectivity index (χ0v) is 16.4. The fourth-order valence-corrected chi connectivity index (χ4v) is 3.20. The van der Waals surface area contributed by atoms with Crippen LogP contribution in [-0.2, 0) is 11.2 Å². The molecule has 2 N–H and O–H groups in total. The van der Waals surface area contributed by atoms with Crippen LogP contribution in [0.5, 0.6) is 5.75 Å². The summed E-state index contributed by atoms with van der Waals surface area (Å²) in [7, 11) is 1.65. The fourth-order valence-electron chi connectivity index (χ4n) is 2.56. The van der Waals surface area contributed by atoms with Crippen molar-refractivity contribution in [2.45, 2.75) is 11.6 Å². The summed E-state index contributed by atoms with van der Waals surface area (Å²) in [6, 6.07) is 17.8. The van der Waals surface area contributed by atoms with Gasteiger partial charge in [0.2, 0.25) is 11.1 Å². The summed E-state index contributed by atoms with van der Waals surface area (Å²) in [6.45, 7) is 0.554. The number of nitrogens with zero attached hydrogens (tertiary/aromatic N) is 2. The van der Waals surface area contributed by atoms with Crippen molar-refractivity contribution in [3.63, 3.8) is 0 Å². The molecule has 7 heteroatoms. The number of hydrogen-bond donors (Lipinski definition) is 2. The molecule has 2 aromatic carbocycles. The number of para-hydroxylation sites is 1. The first-order valence-electron chi connectivity index (χ1n) is 8.91. The number of thioether (sulfide) groups is 1. The molecule has 3 rings (SSSR count). The van der Waals surface area contributed by atoms with Gasteiger partial charge in [-0.15, -0.1) is 5.10 Å². The number of ether oxygens (including phenoxy) is 1. The van der Waals surface area contributed by atoms with Crippen LogP contribution < -0.4 is 10.1 Å². The van der Waals surface area contributed by atoms with Gasteiger partial charge >= 0.3 is 0 Å². The highest BCUT2D eigenvalue weighted by atomic mass is 32.2. The van der Waals surface area contributed by atoms with Gasteiger partial charge in [0.15, 0.2) is 0 Å². The lowest BCUT2D eigenvalue weighted by Gasteiger charge is -2.08. The molecule has 1 heterocycles. The Hall–Kier alpha value is -3.06. The first-order chi connectivity index (χ1) is 13.7. The Morgan fingerprint density at radius 3 is 2.75 bits per heavy atom. The van der Waals surface area contributed by atoms with Crippen LogP contribution in [0.4, 0.5) is 0 Å². The minimum Gasteiger partial charge on any atom is -0.496 e. The summed E-state index contributed by atoms with van der Waals surface area (Å²) in [5.41, 5.74) is 2.16. The van der Waals surface area contributed by atoms with Crippen molar-refractivity contribution in [1.82, 2.24) is 20.5 Å². The highest BCUT2D eigenvalue weighted by Crippen LogP contribution is 2.17. The van der Waals surface area contributed by atoms with Crippen LogP contribution in [0.2, 0.25) is 0 Å². The van der Waals surface area contributed by atoms with Crippen LogP contribution in [0.3, 0.4) is 0 Å². The molecule has 0 radical (unpaired) electrons. The SMILES string of the molecule is COc1ccccc1CCNC(=O)CSc1n[nH]c(/C=C/c2ccccc2)n1. The quantitative estimate of drug-likeness (QED) is 0.544. The molecule has 0 bridgehead atoms. The van der Waals surface area contributed by atoms with E-state index in [1.807, 2.05) is 66.7 Å². The number of aromatic nitrogens is 3. The topological polar surface area (TPSA) is 79.9 Å². The molecule has 0 fully saturated rings. The smallest absolute Gasteiger partial charge is 0.230 e. The Bertz CT molecular complexity index is 925. The summed E-state index contributed by atoms with van der Waals surface area (Å²) in [4.78, 5) is 16.4. The molecule has 28 heavy (non-hydrogen) atoms. The molecule has 1 amide bonds. The van der Waals surface area contributed by atoms with Crippen molar-refractivity contribution in [1.29, 1.82) is 0 Å². The molecule has 6 nitrogen and oxygen atoms in total. The van der Waals surface area contributed by atoms with E-state index >= 15 is 0 Å². The van der Waals surface area contributed by atoms with Gasteiger partial charge in [-0.2, -0.15) is 0 Å². The Morgan fingerprint density at radius 1 is 1.14 bits per heavy atom. The predicted molar refractivity (Wildman–Crippen MR) is 112 cm³/mol. The number of benzene rings is 2. The molecule has 0 spiro atoms. The first kappa shape index (κ1) is 19.7. The van der Waals surface area contributed by atoms with Crippen LogP contribution in [0.15, 0.2) is 59.8 Å². The van der Waals surface area contributed by atoms with E-state index in [1.54, 1.807) is 7.11 Å². The van der Waals surface area contributed by atoms with Crippen molar-refractivity contribution in [2.24, 2.45) is 0 Å². The maximum absolute atomic E-state index is 12.0. The molecular formula is C21H22N4O2S. The number of carbonyl (C=O) groups is 1. The van der Waals surface area contributed by atoms with E-state index < -0.39 is 0 Å². The van der Waals surface area contributed by atoms with Crippen molar-refractivity contribution in [3.05, 3.63) is 71.5 Å². The molecule has 0 unspecified atom stereocenters. The molecule has 3 aromatic rings. The number of amides is 1. The van der Waals surface area contributed by atoms with E-state index in [1.165, 1.54) is 11.8 Å². The minimum absolute atomic E-state index is 0.0499. The van der Waals surface area contributed by atoms with Crippen molar-refractivity contribution in [2.75, 3.05) is 19.4 Å². The van der Waals surface area contributed by atoms with Crippen LogP contribution in [0.1, 0.15) is 17.0 Å². The van der Waals surface area contributed by atoms with E-state index in [0.29, 0.717) is 17.5 Å². The van der Waals surface area contributed by atoms with Gasteiger partial charge in [-0.05, 0) is 29.7 Å². The molecule has 0 saturated carbocycles. The monoisotopic (exact) mass is 394 g/mol. The Labute approximate surface area is 168 Å². The normalized spacial score (nSPS) is 10.9. The van der Waals surface area contributed by atoms with Crippen LogP contribution in [0.25, 0.3) is 12.2 Å². The average molecular weight is 395 g/mol. The molecule has 0 aliphatic rings. The summed E-state index contributed by atoms with van der Waals surface area (Å²) in [5, 5.41) is 10.5. The highest BCUT2D eigenvalue weighted by molar-refractivity contribution is 7.99. The third-order valence-corrected chi connectivity index (χ3v) is 4.80.